The van der Waals surface area contributed by atoms with Gasteiger partial charge in [0.2, 0.25) is 0 Å². The molecule has 1 aliphatic heterocycles. The highest BCUT2D eigenvalue weighted by Gasteiger charge is 2.24. The SMILES string of the molecule is Cc1ccc(NC(=O)COC(=O)CN2CCSC2=O)cc1C. The van der Waals surface area contributed by atoms with E-state index in [4.69, 9.17) is 4.74 Å². The van der Waals surface area contributed by atoms with E-state index in [0.29, 0.717) is 18.0 Å². The summed E-state index contributed by atoms with van der Waals surface area (Å²) in [5.41, 5.74) is 2.87. The van der Waals surface area contributed by atoms with Crippen molar-refractivity contribution in [2.24, 2.45) is 0 Å². The van der Waals surface area contributed by atoms with Gasteiger partial charge in [-0.05, 0) is 37.1 Å². The van der Waals surface area contributed by atoms with Gasteiger partial charge in [-0.2, -0.15) is 0 Å². The molecule has 1 aliphatic rings. The van der Waals surface area contributed by atoms with Crippen LogP contribution in [0, 0.1) is 13.8 Å². The molecule has 0 spiro atoms. The van der Waals surface area contributed by atoms with Crippen LogP contribution >= 0.6 is 11.8 Å². The summed E-state index contributed by atoms with van der Waals surface area (Å²) in [5.74, 6) is -0.302. The lowest BCUT2D eigenvalue weighted by Crippen LogP contribution is -2.32. The first kappa shape index (κ1) is 16.4. The van der Waals surface area contributed by atoms with Crippen molar-refractivity contribution in [2.75, 3.05) is 30.8 Å². The number of thioether (sulfide) groups is 1. The second-order valence-electron chi connectivity index (χ2n) is 5.04. The average Bonchev–Trinajstić information content (AvgIpc) is 2.86. The van der Waals surface area contributed by atoms with Crippen LogP contribution in [0.25, 0.3) is 0 Å². The minimum atomic E-state index is -0.578. The Bertz CT molecular complexity index is 603. The summed E-state index contributed by atoms with van der Waals surface area (Å²) in [7, 11) is 0. The Morgan fingerprint density at radius 2 is 2.09 bits per heavy atom. The molecule has 0 aromatic heterocycles. The lowest BCUT2D eigenvalue weighted by Gasteiger charge is -2.13. The minimum Gasteiger partial charge on any atom is -0.454 e. The van der Waals surface area contributed by atoms with Gasteiger partial charge >= 0.3 is 5.97 Å². The Kier molecular flexibility index (Phi) is 5.43. The number of nitrogens with one attached hydrogen (secondary N) is 1. The van der Waals surface area contributed by atoms with Gasteiger partial charge in [0.15, 0.2) is 6.61 Å². The van der Waals surface area contributed by atoms with Crippen molar-refractivity contribution < 1.29 is 19.1 Å². The molecule has 22 heavy (non-hydrogen) atoms. The van der Waals surface area contributed by atoms with Crippen LogP contribution in [0.3, 0.4) is 0 Å². The summed E-state index contributed by atoms with van der Waals surface area (Å²) in [6.45, 7) is 4.01. The fourth-order valence-electron chi connectivity index (χ4n) is 1.93. The second-order valence-corrected chi connectivity index (χ2v) is 6.09. The molecule has 0 unspecified atom stereocenters. The zero-order chi connectivity index (χ0) is 16.1. The number of hydrogen-bond acceptors (Lipinski definition) is 5. The van der Waals surface area contributed by atoms with E-state index in [1.54, 1.807) is 6.07 Å². The molecule has 1 aromatic rings. The van der Waals surface area contributed by atoms with Gasteiger partial charge in [-0.1, -0.05) is 17.8 Å². The van der Waals surface area contributed by atoms with Gasteiger partial charge in [0, 0.05) is 18.0 Å². The van der Waals surface area contributed by atoms with Crippen LogP contribution in [0.2, 0.25) is 0 Å². The molecule has 1 aromatic carbocycles. The van der Waals surface area contributed by atoms with E-state index in [0.717, 1.165) is 11.1 Å². The van der Waals surface area contributed by atoms with E-state index in [9.17, 15) is 14.4 Å². The van der Waals surface area contributed by atoms with E-state index >= 15 is 0 Å². The summed E-state index contributed by atoms with van der Waals surface area (Å²) in [4.78, 5) is 36.1. The largest absolute Gasteiger partial charge is 0.454 e. The minimum absolute atomic E-state index is 0.108. The molecule has 0 saturated carbocycles. The van der Waals surface area contributed by atoms with Crippen molar-refractivity contribution in [1.29, 1.82) is 0 Å². The second kappa shape index (κ2) is 7.31. The predicted octanol–water partition coefficient (Wildman–Crippen LogP) is 1.95. The number of carbonyl (C=O) groups is 3. The first-order chi connectivity index (χ1) is 10.5. The molecule has 0 aliphatic carbocycles. The topological polar surface area (TPSA) is 75.7 Å². The standard InChI is InChI=1S/C15H18N2O4S/c1-10-3-4-12(7-11(10)2)16-13(18)9-21-14(19)8-17-5-6-22-15(17)20/h3-4,7H,5-6,8-9H2,1-2H3,(H,16,18). The van der Waals surface area contributed by atoms with Gasteiger partial charge in [-0.3, -0.25) is 14.4 Å². The Balaban J connectivity index is 1.76. The number of ether oxygens (including phenoxy) is 1. The smallest absolute Gasteiger partial charge is 0.326 e. The number of hydrogen-bond donors (Lipinski definition) is 1. The lowest BCUT2D eigenvalue weighted by atomic mass is 10.1. The number of nitrogens with zero attached hydrogens (tertiary/aromatic N) is 1. The maximum Gasteiger partial charge on any atom is 0.326 e. The maximum absolute atomic E-state index is 11.7. The molecule has 1 N–H and O–H groups in total. The van der Waals surface area contributed by atoms with Gasteiger partial charge in [0.1, 0.15) is 6.54 Å². The quantitative estimate of drug-likeness (QED) is 0.839. The maximum atomic E-state index is 11.7. The van der Waals surface area contributed by atoms with Gasteiger partial charge in [0.25, 0.3) is 11.1 Å². The normalized spacial score (nSPS) is 14.1. The van der Waals surface area contributed by atoms with E-state index in [1.165, 1.54) is 16.7 Å². The fraction of sp³-hybridized carbons (Fsp3) is 0.400. The van der Waals surface area contributed by atoms with Gasteiger partial charge < -0.3 is 15.0 Å². The molecule has 1 saturated heterocycles. The van der Waals surface area contributed by atoms with Crippen LogP contribution < -0.4 is 5.32 Å². The summed E-state index contributed by atoms with van der Waals surface area (Å²) < 4.78 is 4.89. The van der Waals surface area contributed by atoms with Crippen LogP contribution in [-0.4, -0.2) is 47.5 Å². The summed E-state index contributed by atoms with van der Waals surface area (Å²) >= 11 is 1.18. The van der Waals surface area contributed by atoms with E-state index in [1.807, 2.05) is 26.0 Å². The molecule has 2 amide bonds. The fourth-order valence-corrected chi connectivity index (χ4v) is 2.76. The molecule has 1 fully saturated rings. The molecule has 118 valence electrons. The van der Waals surface area contributed by atoms with Gasteiger partial charge in [-0.15, -0.1) is 0 Å². The summed E-state index contributed by atoms with van der Waals surface area (Å²) in [6, 6.07) is 5.56. The van der Waals surface area contributed by atoms with Crippen LogP contribution in [-0.2, 0) is 14.3 Å². The zero-order valence-electron chi connectivity index (χ0n) is 12.5. The summed E-state index contributed by atoms with van der Waals surface area (Å²) in [5, 5.41) is 2.54. The Hall–Kier alpha value is -2.02. The first-order valence-electron chi connectivity index (χ1n) is 6.90. The van der Waals surface area contributed by atoms with Crippen LogP contribution in [0.1, 0.15) is 11.1 Å². The Morgan fingerprint density at radius 1 is 1.32 bits per heavy atom. The Labute approximate surface area is 133 Å². The monoisotopic (exact) mass is 322 g/mol. The number of aryl methyl sites for hydroxylation is 2. The van der Waals surface area contributed by atoms with Crippen LogP contribution in [0.5, 0.6) is 0 Å². The molecule has 7 heteroatoms. The van der Waals surface area contributed by atoms with E-state index in [-0.39, 0.29) is 18.4 Å². The van der Waals surface area contributed by atoms with Crippen molar-refractivity contribution in [3.63, 3.8) is 0 Å². The summed E-state index contributed by atoms with van der Waals surface area (Å²) in [6.07, 6.45) is 0. The van der Waals surface area contributed by atoms with Crippen LogP contribution in [0.4, 0.5) is 10.5 Å². The van der Waals surface area contributed by atoms with Crippen molar-refractivity contribution in [3.05, 3.63) is 29.3 Å². The molecule has 1 heterocycles. The Morgan fingerprint density at radius 3 is 2.73 bits per heavy atom. The number of amides is 2. The van der Waals surface area contributed by atoms with Crippen molar-refractivity contribution in [1.82, 2.24) is 4.90 Å². The highest BCUT2D eigenvalue weighted by Crippen LogP contribution is 2.16. The lowest BCUT2D eigenvalue weighted by molar-refractivity contribution is -0.147. The van der Waals surface area contributed by atoms with Gasteiger partial charge in [-0.25, -0.2) is 0 Å². The number of carbonyl (C=O) groups excluding carboxylic acids is 3. The zero-order valence-corrected chi connectivity index (χ0v) is 13.4. The van der Waals surface area contributed by atoms with Crippen molar-refractivity contribution in [2.45, 2.75) is 13.8 Å². The third kappa shape index (κ3) is 4.49. The highest BCUT2D eigenvalue weighted by atomic mass is 32.2. The van der Waals surface area contributed by atoms with Crippen LogP contribution in [0.15, 0.2) is 18.2 Å². The highest BCUT2D eigenvalue weighted by molar-refractivity contribution is 8.13. The molecule has 0 atom stereocenters. The van der Waals surface area contributed by atoms with Crippen molar-refractivity contribution in [3.8, 4) is 0 Å². The third-order valence-electron chi connectivity index (χ3n) is 3.32. The number of anilines is 1. The van der Waals surface area contributed by atoms with Crippen molar-refractivity contribution >= 4 is 34.6 Å². The molecular weight excluding hydrogens is 304 g/mol. The number of rotatable bonds is 5. The van der Waals surface area contributed by atoms with E-state index < -0.39 is 11.9 Å². The van der Waals surface area contributed by atoms with Gasteiger partial charge in [0.05, 0.1) is 0 Å². The predicted molar refractivity (Wildman–Crippen MR) is 84.9 cm³/mol. The third-order valence-corrected chi connectivity index (χ3v) is 4.21. The molecular formula is C15H18N2O4S. The molecule has 0 radical (unpaired) electrons. The average molecular weight is 322 g/mol. The molecule has 2 rings (SSSR count). The number of esters is 1. The number of benzene rings is 1. The molecule has 0 bridgehead atoms. The van der Waals surface area contributed by atoms with E-state index in [2.05, 4.69) is 5.32 Å². The molecule has 6 nitrogen and oxygen atoms in total. The first-order valence-corrected chi connectivity index (χ1v) is 7.88.